The highest BCUT2D eigenvalue weighted by Gasteiger charge is 2.11. The van der Waals surface area contributed by atoms with Crippen LogP contribution in [0.4, 0.5) is 0 Å². The van der Waals surface area contributed by atoms with Crippen LogP contribution in [0.2, 0.25) is 0 Å². The zero-order valence-corrected chi connectivity index (χ0v) is 10.6. The van der Waals surface area contributed by atoms with Crippen molar-refractivity contribution in [3.05, 3.63) is 33.5 Å². The number of thiazole rings is 1. The molecule has 1 atom stereocenters. The number of hydrogen-bond acceptors (Lipinski definition) is 4. The summed E-state index contributed by atoms with van der Waals surface area (Å²) < 4.78 is 0. The van der Waals surface area contributed by atoms with E-state index in [1.54, 1.807) is 11.3 Å². The molecule has 0 aromatic carbocycles. The Balaban J connectivity index is 1.97. The lowest BCUT2D eigenvalue weighted by atomic mass is 10.2. The summed E-state index contributed by atoms with van der Waals surface area (Å²) in [5, 5.41) is 10.4. The van der Waals surface area contributed by atoms with Gasteiger partial charge in [-0.1, -0.05) is 0 Å². The van der Waals surface area contributed by atoms with E-state index in [0.29, 0.717) is 6.04 Å². The average Bonchev–Trinajstić information content (AvgIpc) is 2.84. The zero-order valence-electron chi connectivity index (χ0n) is 9.74. The van der Waals surface area contributed by atoms with Crippen molar-refractivity contribution in [2.24, 2.45) is 0 Å². The van der Waals surface area contributed by atoms with E-state index in [4.69, 9.17) is 0 Å². The van der Waals surface area contributed by atoms with Gasteiger partial charge < -0.3 is 5.32 Å². The molecule has 0 aliphatic heterocycles. The topological polar surface area (TPSA) is 53.6 Å². The number of hydrogen-bond donors (Lipinski definition) is 2. The van der Waals surface area contributed by atoms with E-state index in [1.807, 2.05) is 25.6 Å². The highest BCUT2D eigenvalue weighted by Crippen LogP contribution is 2.21. The van der Waals surface area contributed by atoms with E-state index in [9.17, 15) is 0 Å². The second-order valence-corrected chi connectivity index (χ2v) is 4.81. The van der Waals surface area contributed by atoms with Crippen LogP contribution in [0.3, 0.4) is 0 Å². The molecule has 2 aromatic heterocycles. The number of aryl methyl sites for hydroxylation is 2. The van der Waals surface area contributed by atoms with Crippen LogP contribution in [0, 0.1) is 13.8 Å². The van der Waals surface area contributed by atoms with Crippen molar-refractivity contribution in [2.45, 2.75) is 33.4 Å². The molecule has 86 valence electrons. The fourth-order valence-corrected chi connectivity index (χ4v) is 2.47. The molecule has 0 fully saturated rings. The predicted molar refractivity (Wildman–Crippen MR) is 65.4 cm³/mol. The average molecular weight is 236 g/mol. The van der Waals surface area contributed by atoms with Crippen molar-refractivity contribution in [1.29, 1.82) is 0 Å². The highest BCUT2D eigenvalue weighted by atomic mass is 32.1. The first kappa shape index (κ1) is 11.3. The Labute approximate surface area is 99.1 Å². The summed E-state index contributed by atoms with van der Waals surface area (Å²) in [5.41, 5.74) is 5.36. The van der Waals surface area contributed by atoms with Crippen molar-refractivity contribution in [1.82, 2.24) is 20.5 Å². The maximum absolute atomic E-state index is 4.26. The van der Waals surface area contributed by atoms with Gasteiger partial charge >= 0.3 is 0 Å². The number of aromatic nitrogens is 3. The molecule has 0 saturated heterocycles. The van der Waals surface area contributed by atoms with Gasteiger partial charge in [-0.2, -0.15) is 5.10 Å². The molecule has 0 aliphatic carbocycles. The molecule has 2 aromatic rings. The molecule has 0 spiro atoms. The Kier molecular flexibility index (Phi) is 3.36. The zero-order chi connectivity index (χ0) is 11.5. The molecule has 5 heteroatoms. The summed E-state index contributed by atoms with van der Waals surface area (Å²) in [5.74, 6) is 0. The van der Waals surface area contributed by atoms with E-state index < -0.39 is 0 Å². The van der Waals surface area contributed by atoms with E-state index in [1.165, 1.54) is 10.4 Å². The maximum Gasteiger partial charge on any atom is 0.0798 e. The Bertz CT molecular complexity index is 460. The Morgan fingerprint density at radius 1 is 1.50 bits per heavy atom. The third-order valence-electron chi connectivity index (χ3n) is 2.71. The van der Waals surface area contributed by atoms with Crippen molar-refractivity contribution in [2.75, 3.05) is 0 Å². The molecular weight excluding hydrogens is 220 g/mol. The van der Waals surface area contributed by atoms with Crippen LogP contribution in [0.1, 0.15) is 34.8 Å². The smallest absolute Gasteiger partial charge is 0.0798 e. The molecule has 0 radical (unpaired) electrons. The normalized spacial score (nSPS) is 12.9. The van der Waals surface area contributed by atoms with Gasteiger partial charge in [0.2, 0.25) is 0 Å². The molecule has 2 rings (SSSR count). The first-order valence-electron chi connectivity index (χ1n) is 5.30. The largest absolute Gasteiger partial charge is 0.305 e. The molecule has 1 unspecified atom stereocenters. The minimum atomic E-state index is 0.335. The fraction of sp³-hybridized carbons (Fsp3) is 0.455. The Morgan fingerprint density at radius 3 is 2.88 bits per heavy atom. The van der Waals surface area contributed by atoms with Gasteiger partial charge in [0, 0.05) is 28.7 Å². The monoisotopic (exact) mass is 236 g/mol. The van der Waals surface area contributed by atoms with Crippen LogP contribution in [0.25, 0.3) is 0 Å². The van der Waals surface area contributed by atoms with Crippen LogP contribution in [-0.4, -0.2) is 15.2 Å². The molecule has 0 saturated carbocycles. The van der Waals surface area contributed by atoms with Gasteiger partial charge in [-0.15, -0.1) is 11.3 Å². The quantitative estimate of drug-likeness (QED) is 0.856. The lowest BCUT2D eigenvalue weighted by Gasteiger charge is -2.12. The van der Waals surface area contributed by atoms with Gasteiger partial charge in [0.1, 0.15) is 0 Å². The van der Waals surface area contributed by atoms with Gasteiger partial charge in [-0.25, -0.2) is 4.98 Å². The Morgan fingerprint density at radius 2 is 2.31 bits per heavy atom. The molecule has 2 N–H and O–H groups in total. The van der Waals surface area contributed by atoms with Gasteiger partial charge in [0.15, 0.2) is 0 Å². The SMILES string of the molecule is Cc1ncsc1C(C)NCc1cn[nH]c1C. The number of nitrogens with zero attached hydrogens (tertiary/aromatic N) is 2. The molecule has 16 heavy (non-hydrogen) atoms. The van der Waals surface area contributed by atoms with E-state index >= 15 is 0 Å². The van der Waals surface area contributed by atoms with Crippen molar-refractivity contribution in [3.8, 4) is 0 Å². The summed E-state index contributed by atoms with van der Waals surface area (Å²) in [6.45, 7) is 7.08. The van der Waals surface area contributed by atoms with Gasteiger partial charge in [0.05, 0.1) is 17.4 Å². The summed E-state index contributed by atoms with van der Waals surface area (Å²) >= 11 is 1.70. The standard InChI is InChI=1S/C11H16N4S/c1-7-10(5-14-15-7)4-12-8(2)11-9(3)13-6-16-11/h5-6,8,12H,4H2,1-3H3,(H,14,15). The molecule has 2 heterocycles. The molecule has 4 nitrogen and oxygen atoms in total. The minimum Gasteiger partial charge on any atom is -0.305 e. The van der Waals surface area contributed by atoms with E-state index in [-0.39, 0.29) is 0 Å². The fourth-order valence-electron chi connectivity index (χ4n) is 1.64. The maximum atomic E-state index is 4.26. The van der Waals surface area contributed by atoms with Crippen molar-refractivity contribution < 1.29 is 0 Å². The lowest BCUT2D eigenvalue weighted by Crippen LogP contribution is -2.18. The van der Waals surface area contributed by atoms with Crippen LogP contribution in [0.5, 0.6) is 0 Å². The first-order valence-corrected chi connectivity index (χ1v) is 6.18. The second kappa shape index (κ2) is 4.76. The highest BCUT2D eigenvalue weighted by molar-refractivity contribution is 7.09. The number of aromatic amines is 1. The third-order valence-corrected chi connectivity index (χ3v) is 3.82. The van der Waals surface area contributed by atoms with Crippen LogP contribution in [0.15, 0.2) is 11.7 Å². The molecule has 0 amide bonds. The molecule has 0 bridgehead atoms. The van der Waals surface area contributed by atoms with E-state index in [2.05, 4.69) is 27.4 Å². The third kappa shape index (κ3) is 2.31. The second-order valence-electron chi connectivity index (χ2n) is 3.92. The van der Waals surface area contributed by atoms with E-state index in [0.717, 1.165) is 17.9 Å². The van der Waals surface area contributed by atoms with Crippen LogP contribution >= 0.6 is 11.3 Å². The lowest BCUT2D eigenvalue weighted by molar-refractivity contribution is 0.578. The number of nitrogens with one attached hydrogen (secondary N) is 2. The summed E-state index contributed by atoms with van der Waals surface area (Å²) in [6, 6.07) is 0.335. The Hall–Kier alpha value is -1.20. The van der Waals surface area contributed by atoms with Crippen molar-refractivity contribution >= 4 is 11.3 Å². The summed E-state index contributed by atoms with van der Waals surface area (Å²) in [6.07, 6.45) is 1.87. The molecule has 0 aliphatic rings. The number of rotatable bonds is 4. The number of H-pyrrole nitrogens is 1. The van der Waals surface area contributed by atoms with Gasteiger partial charge in [-0.3, -0.25) is 5.10 Å². The molecular formula is C11H16N4S. The van der Waals surface area contributed by atoms with Crippen molar-refractivity contribution in [3.63, 3.8) is 0 Å². The van der Waals surface area contributed by atoms with Gasteiger partial charge in [-0.05, 0) is 20.8 Å². The van der Waals surface area contributed by atoms with Gasteiger partial charge in [0.25, 0.3) is 0 Å². The summed E-state index contributed by atoms with van der Waals surface area (Å²) in [7, 11) is 0. The van der Waals surface area contributed by atoms with Crippen LogP contribution in [-0.2, 0) is 6.54 Å². The summed E-state index contributed by atoms with van der Waals surface area (Å²) in [4.78, 5) is 5.57. The minimum absolute atomic E-state index is 0.335. The van der Waals surface area contributed by atoms with Crippen LogP contribution < -0.4 is 5.32 Å². The first-order chi connectivity index (χ1) is 7.68. The predicted octanol–water partition coefficient (Wildman–Crippen LogP) is 2.33.